The van der Waals surface area contributed by atoms with E-state index in [9.17, 15) is 8.42 Å². The van der Waals surface area contributed by atoms with E-state index in [2.05, 4.69) is 25.9 Å². The van der Waals surface area contributed by atoms with E-state index in [4.69, 9.17) is 21.2 Å². The molecule has 2 N–H and O–H groups in total. The van der Waals surface area contributed by atoms with Crippen LogP contribution in [0.4, 0.5) is 11.6 Å². The molecule has 1 aromatic heterocycles. The number of sulfonamides is 1. The lowest BCUT2D eigenvalue weighted by molar-refractivity contribution is 0.196. The lowest BCUT2D eigenvalue weighted by atomic mass is 10.3. The van der Waals surface area contributed by atoms with Crippen molar-refractivity contribution in [3.05, 3.63) is 36.0 Å². The van der Waals surface area contributed by atoms with Crippen LogP contribution in [0.2, 0.25) is 0 Å². The molecule has 0 atom stereocenters. The quantitative estimate of drug-likeness (QED) is 0.420. The van der Waals surface area contributed by atoms with E-state index in [-0.39, 0.29) is 35.4 Å². The molecule has 1 aromatic carbocycles. The van der Waals surface area contributed by atoms with Crippen molar-refractivity contribution in [1.29, 1.82) is 5.26 Å². The summed E-state index contributed by atoms with van der Waals surface area (Å²) < 4.78 is 37.3. The van der Waals surface area contributed by atoms with Crippen LogP contribution in [0.25, 0.3) is 0 Å². The highest BCUT2D eigenvalue weighted by atomic mass is 32.2. The Morgan fingerprint density at radius 3 is 2.66 bits per heavy atom. The first-order valence-corrected chi connectivity index (χ1v) is 10.2. The Hall–Kier alpha value is -3.18. The van der Waals surface area contributed by atoms with Crippen LogP contribution < -0.4 is 14.8 Å². The summed E-state index contributed by atoms with van der Waals surface area (Å²) >= 11 is 0. The number of ether oxygens (including phenoxy) is 2. The third-order valence-electron chi connectivity index (χ3n) is 3.60. The number of nitriles is 1. The van der Waals surface area contributed by atoms with Gasteiger partial charge in [0.1, 0.15) is 18.2 Å². The van der Waals surface area contributed by atoms with Crippen molar-refractivity contribution in [3.8, 4) is 24.3 Å². The van der Waals surface area contributed by atoms with Crippen molar-refractivity contribution in [2.45, 2.75) is 17.7 Å². The fourth-order valence-corrected chi connectivity index (χ4v) is 3.25. The Morgan fingerprint density at radius 1 is 1.24 bits per heavy atom. The molecule has 152 valence electrons. The van der Waals surface area contributed by atoms with Crippen LogP contribution in [0, 0.1) is 23.7 Å². The number of hydrogen-bond acceptors (Lipinski definition) is 8. The SMILES string of the molecule is C#CCCOc1nc(Nc2ccc(S(=O)(=O)NCCCOC)cc2)ncc1C#N. The number of nitrogens with zero attached hydrogens (tertiary/aromatic N) is 3. The van der Waals surface area contributed by atoms with Gasteiger partial charge in [-0.3, -0.25) is 0 Å². The number of rotatable bonds is 11. The minimum atomic E-state index is -3.60. The normalized spacial score (nSPS) is 10.7. The molecule has 0 amide bonds. The highest BCUT2D eigenvalue weighted by Crippen LogP contribution is 2.20. The predicted molar refractivity (Wildman–Crippen MR) is 107 cm³/mol. The van der Waals surface area contributed by atoms with Crippen molar-refractivity contribution < 1.29 is 17.9 Å². The first-order valence-electron chi connectivity index (χ1n) is 8.69. The highest BCUT2D eigenvalue weighted by molar-refractivity contribution is 7.89. The van der Waals surface area contributed by atoms with Crippen LogP contribution in [0.15, 0.2) is 35.4 Å². The number of nitrogens with one attached hydrogen (secondary N) is 2. The van der Waals surface area contributed by atoms with E-state index >= 15 is 0 Å². The zero-order valence-corrected chi connectivity index (χ0v) is 16.7. The third-order valence-corrected chi connectivity index (χ3v) is 5.07. The molecular weight excluding hydrogens is 394 g/mol. The molecular formula is C19H21N5O4S. The summed E-state index contributed by atoms with van der Waals surface area (Å²) in [6, 6.07) is 8.06. The van der Waals surface area contributed by atoms with Crippen LogP contribution >= 0.6 is 0 Å². The Kier molecular flexibility index (Phi) is 8.37. The Labute approximate surface area is 170 Å². The second kappa shape index (κ2) is 11.0. The lowest BCUT2D eigenvalue weighted by Crippen LogP contribution is -2.25. The molecule has 0 radical (unpaired) electrons. The molecule has 0 bridgehead atoms. The number of benzene rings is 1. The van der Waals surface area contributed by atoms with Gasteiger partial charge in [0.15, 0.2) is 0 Å². The summed E-state index contributed by atoms with van der Waals surface area (Å²) in [4.78, 5) is 8.36. The topological polar surface area (TPSA) is 126 Å². The van der Waals surface area contributed by atoms with Crippen molar-refractivity contribution in [3.63, 3.8) is 0 Å². The molecule has 2 rings (SSSR count). The van der Waals surface area contributed by atoms with E-state index in [0.717, 1.165) is 0 Å². The van der Waals surface area contributed by atoms with Crippen molar-refractivity contribution in [2.24, 2.45) is 0 Å². The van der Waals surface area contributed by atoms with Gasteiger partial charge in [-0.15, -0.1) is 12.3 Å². The van der Waals surface area contributed by atoms with E-state index in [0.29, 0.717) is 25.1 Å². The van der Waals surface area contributed by atoms with Gasteiger partial charge in [0.25, 0.3) is 0 Å². The van der Waals surface area contributed by atoms with Gasteiger partial charge in [-0.2, -0.15) is 10.2 Å². The van der Waals surface area contributed by atoms with Gasteiger partial charge in [0, 0.05) is 32.4 Å². The zero-order chi connectivity index (χ0) is 21.1. The molecule has 0 saturated heterocycles. The summed E-state index contributed by atoms with van der Waals surface area (Å²) in [5.74, 6) is 2.77. The second-order valence-electron chi connectivity index (χ2n) is 5.72. The van der Waals surface area contributed by atoms with Gasteiger partial charge in [-0.1, -0.05) is 0 Å². The fraction of sp³-hybridized carbons (Fsp3) is 0.316. The van der Waals surface area contributed by atoms with Gasteiger partial charge in [-0.05, 0) is 30.7 Å². The lowest BCUT2D eigenvalue weighted by Gasteiger charge is -2.10. The molecule has 0 spiro atoms. The molecule has 2 aromatic rings. The number of aromatic nitrogens is 2. The Balaban J connectivity index is 2.06. The van der Waals surface area contributed by atoms with Crippen molar-refractivity contribution >= 4 is 21.7 Å². The van der Waals surface area contributed by atoms with E-state index < -0.39 is 10.0 Å². The van der Waals surface area contributed by atoms with E-state index in [1.165, 1.54) is 18.3 Å². The Bertz CT molecular complexity index is 995. The number of methoxy groups -OCH3 is 1. The largest absolute Gasteiger partial charge is 0.476 e. The maximum absolute atomic E-state index is 12.2. The molecule has 0 unspecified atom stereocenters. The van der Waals surface area contributed by atoms with E-state index in [1.54, 1.807) is 19.2 Å². The van der Waals surface area contributed by atoms with Gasteiger partial charge in [0.05, 0.1) is 11.1 Å². The molecule has 0 saturated carbocycles. The molecule has 10 heteroatoms. The number of terminal acetylenes is 1. The van der Waals surface area contributed by atoms with Crippen molar-refractivity contribution in [1.82, 2.24) is 14.7 Å². The summed E-state index contributed by atoms with van der Waals surface area (Å²) in [5.41, 5.74) is 0.760. The van der Waals surface area contributed by atoms with Gasteiger partial charge in [0.2, 0.25) is 21.9 Å². The Morgan fingerprint density at radius 2 is 2.00 bits per heavy atom. The molecule has 0 aliphatic carbocycles. The first-order chi connectivity index (χ1) is 14.0. The van der Waals surface area contributed by atoms with Crippen LogP contribution in [-0.2, 0) is 14.8 Å². The molecule has 1 heterocycles. The summed E-state index contributed by atoms with van der Waals surface area (Å²) in [5, 5.41) is 12.1. The minimum absolute atomic E-state index is 0.125. The predicted octanol–water partition coefficient (Wildman–Crippen LogP) is 1.81. The van der Waals surface area contributed by atoms with Crippen LogP contribution in [0.3, 0.4) is 0 Å². The van der Waals surface area contributed by atoms with Crippen LogP contribution in [0.5, 0.6) is 5.88 Å². The molecule has 0 aliphatic rings. The molecule has 29 heavy (non-hydrogen) atoms. The highest BCUT2D eigenvalue weighted by Gasteiger charge is 2.13. The standard InChI is InChI=1S/C19H21N5O4S/c1-3-4-12-28-18-15(13-20)14-21-19(24-18)23-16-6-8-17(9-7-16)29(25,26)22-10-5-11-27-2/h1,6-9,14,22H,4-5,10-12H2,2H3,(H,21,23,24). The van der Waals surface area contributed by atoms with Gasteiger partial charge >= 0.3 is 0 Å². The van der Waals surface area contributed by atoms with Gasteiger partial charge < -0.3 is 14.8 Å². The first kappa shape index (κ1) is 22.1. The minimum Gasteiger partial charge on any atom is -0.476 e. The van der Waals surface area contributed by atoms with E-state index in [1.807, 2.05) is 6.07 Å². The average Bonchev–Trinajstić information content (AvgIpc) is 2.72. The van der Waals surface area contributed by atoms with Gasteiger partial charge in [-0.25, -0.2) is 18.1 Å². The second-order valence-corrected chi connectivity index (χ2v) is 7.49. The molecule has 0 fully saturated rings. The summed E-state index contributed by atoms with van der Waals surface area (Å²) in [6.07, 6.45) is 7.48. The molecule has 0 aliphatic heterocycles. The maximum Gasteiger partial charge on any atom is 0.240 e. The van der Waals surface area contributed by atoms with Crippen LogP contribution in [0.1, 0.15) is 18.4 Å². The molecule has 9 nitrogen and oxygen atoms in total. The number of hydrogen-bond donors (Lipinski definition) is 2. The smallest absolute Gasteiger partial charge is 0.240 e. The fourth-order valence-electron chi connectivity index (χ4n) is 2.17. The third kappa shape index (κ3) is 6.73. The van der Waals surface area contributed by atoms with Crippen LogP contribution in [-0.4, -0.2) is 45.3 Å². The average molecular weight is 415 g/mol. The number of anilines is 2. The van der Waals surface area contributed by atoms with Crippen molar-refractivity contribution in [2.75, 3.05) is 32.2 Å². The monoisotopic (exact) mass is 415 g/mol. The summed E-state index contributed by atoms with van der Waals surface area (Å²) in [6.45, 7) is 0.994. The summed E-state index contributed by atoms with van der Waals surface area (Å²) in [7, 11) is -2.04. The zero-order valence-electron chi connectivity index (χ0n) is 15.9. The maximum atomic E-state index is 12.2.